The van der Waals surface area contributed by atoms with E-state index >= 15 is 0 Å². The molecule has 0 saturated heterocycles. The van der Waals surface area contributed by atoms with E-state index in [9.17, 15) is 0 Å². The second kappa shape index (κ2) is 16.8. The Morgan fingerprint density at radius 3 is 1.65 bits per heavy atom. The monoisotopic (exact) mass is 280 g/mol. The molecule has 0 aliphatic heterocycles. The van der Waals surface area contributed by atoms with Gasteiger partial charge in [0, 0.05) is 0 Å². The quantitative estimate of drug-likeness (QED) is 0.213. The number of unbranched alkanes of at least 4 members (excludes halogenated alkanes) is 11. The number of hydrogen-bond donors (Lipinski definition) is 0. The van der Waals surface area contributed by atoms with Gasteiger partial charge in [0.15, 0.2) is 0 Å². The Bertz CT molecular complexity index is 192. The summed E-state index contributed by atoms with van der Waals surface area (Å²) in [6.07, 6.45) is 24.6. The minimum Gasteiger partial charge on any atom is -0.0885 e. The summed E-state index contributed by atoms with van der Waals surface area (Å²) in [4.78, 5) is 0. The van der Waals surface area contributed by atoms with Gasteiger partial charge in [-0.15, -0.1) is 0 Å². The minimum absolute atomic E-state index is 0.864. The zero-order valence-corrected chi connectivity index (χ0v) is 14.6. The fourth-order valence-electron chi connectivity index (χ4n) is 2.54. The maximum atomic E-state index is 2.40. The lowest BCUT2D eigenvalue weighted by Gasteiger charge is -2.03. The normalized spacial score (nSPS) is 13.2. The van der Waals surface area contributed by atoms with E-state index in [-0.39, 0.29) is 0 Å². The van der Waals surface area contributed by atoms with Crippen molar-refractivity contribution in [3.63, 3.8) is 0 Å². The van der Waals surface area contributed by atoms with Crippen molar-refractivity contribution < 1.29 is 0 Å². The van der Waals surface area contributed by atoms with Crippen LogP contribution in [-0.4, -0.2) is 0 Å². The van der Waals surface area contributed by atoms with Gasteiger partial charge in [-0.2, -0.15) is 0 Å². The van der Waals surface area contributed by atoms with E-state index in [0.29, 0.717) is 0 Å². The van der Waals surface area contributed by atoms with E-state index in [1.165, 1.54) is 89.9 Å². The predicted octanol–water partition coefficient (Wildman–Crippen LogP) is 7.68. The van der Waals surface area contributed by atoms with Gasteiger partial charge in [0.25, 0.3) is 0 Å². The molecule has 0 heteroatoms. The van der Waals surface area contributed by atoms with Crippen molar-refractivity contribution in [1.29, 1.82) is 0 Å². The van der Waals surface area contributed by atoms with Gasteiger partial charge in [-0.25, -0.2) is 0 Å². The second-order valence-electron chi connectivity index (χ2n) is 6.54. The highest BCUT2D eigenvalue weighted by molar-refractivity contribution is 4.82. The second-order valence-corrected chi connectivity index (χ2v) is 6.54. The SMILES string of the molecule is CCCCCCCCCCCCC/C=C/CC(C)CC. The molecule has 0 amide bonds. The van der Waals surface area contributed by atoms with Gasteiger partial charge in [-0.1, -0.05) is 104 Å². The molecule has 0 aromatic heterocycles. The summed E-state index contributed by atoms with van der Waals surface area (Å²) in [5.74, 6) is 0.864. The Kier molecular flexibility index (Phi) is 16.6. The summed E-state index contributed by atoms with van der Waals surface area (Å²) in [6, 6.07) is 0. The third-order valence-electron chi connectivity index (χ3n) is 4.38. The van der Waals surface area contributed by atoms with E-state index in [1.807, 2.05) is 0 Å². The van der Waals surface area contributed by atoms with Crippen LogP contribution in [0.15, 0.2) is 12.2 Å². The summed E-state index contributed by atoms with van der Waals surface area (Å²) in [7, 11) is 0. The number of rotatable bonds is 15. The standard InChI is InChI=1S/C20H40/c1-4-6-7-8-9-10-11-12-13-14-15-16-17-18-19-20(3)5-2/h17-18,20H,4-16,19H2,1-3H3/b18-17+. The molecule has 0 bridgehead atoms. The summed E-state index contributed by atoms with van der Waals surface area (Å²) in [5.41, 5.74) is 0. The largest absolute Gasteiger partial charge is 0.0885 e. The van der Waals surface area contributed by atoms with Crippen molar-refractivity contribution in [2.45, 2.75) is 111 Å². The molecular weight excluding hydrogens is 240 g/mol. The van der Waals surface area contributed by atoms with Gasteiger partial charge in [0.05, 0.1) is 0 Å². The van der Waals surface area contributed by atoms with E-state index < -0.39 is 0 Å². The van der Waals surface area contributed by atoms with Crippen LogP contribution in [0.4, 0.5) is 0 Å². The Hall–Kier alpha value is -0.260. The Balaban J connectivity index is 3.06. The van der Waals surface area contributed by atoms with Crippen LogP contribution >= 0.6 is 0 Å². The van der Waals surface area contributed by atoms with Gasteiger partial charge in [0.2, 0.25) is 0 Å². The molecule has 1 unspecified atom stereocenters. The van der Waals surface area contributed by atoms with Crippen LogP contribution in [0.25, 0.3) is 0 Å². The van der Waals surface area contributed by atoms with Crippen LogP contribution in [-0.2, 0) is 0 Å². The highest BCUT2D eigenvalue weighted by Gasteiger charge is 1.94. The van der Waals surface area contributed by atoms with Crippen LogP contribution in [0.5, 0.6) is 0 Å². The molecule has 0 heterocycles. The summed E-state index contributed by atoms with van der Waals surface area (Å²) in [6.45, 7) is 6.91. The van der Waals surface area contributed by atoms with Crippen molar-refractivity contribution >= 4 is 0 Å². The molecule has 0 nitrogen and oxygen atoms in total. The topological polar surface area (TPSA) is 0 Å². The molecule has 0 N–H and O–H groups in total. The molecule has 120 valence electrons. The Labute approximate surface area is 129 Å². The fourth-order valence-corrected chi connectivity index (χ4v) is 2.54. The fraction of sp³-hybridized carbons (Fsp3) is 0.900. The van der Waals surface area contributed by atoms with E-state index in [4.69, 9.17) is 0 Å². The van der Waals surface area contributed by atoms with Crippen LogP contribution in [0.2, 0.25) is 0 Å². The highest BCUT2D eigenvalue weighted by atomic mass is 14.0. The van der Waals surface area contributed by atoms with Gasteiger partial charge >= 0.3 is 0 Å². The van der Waals surface area contributed by atoms with Crippen molar-refractivity contribution in [1.82, 2.24) is 0 Å². The maximum Gasteiger partial charge on any atom is -0.0325 e. The lowest BCUT2D eigenvalue weighted by molar-refractivity contribution is 0.550. The first-order chi connectivity index (χ1) is 9.81. The summed E-state index contributed by atoms with van der Waals surface area (Å²) >= 11 is 0. The molecule has 0 spiro atoms. The average molecular weight is 281 g/mol. The van der Waals surface area contributed by atoms with E-state index in [2.05, 4.69) is 32.9 Å². The maximum absolute atomic E-state index is 2.40. The molecule has 0 aliphatic rings. The Morgan fingerprint density at radius 1 is 0.650 bits per heavy atom. The van der Waals surface area contributed by atoms with Gasteiger partial charge in [-0.3, -0.25) is 0 Å². The highest BCUT2D eigenvalue weighted by Crippen LogP contribution is 2.12. The third kappa shape index (κ3) is 15.8. The molecule has 0 aromatic rings. The van der Waals surface area contributed by atoms with Crippen LogP contribution in [0, 0.1) is 5.92 Å². The molecule has 0 saturated carbocycles. The van der Waals surface area contributed by atoms with Crippen LogP contribution < -0.4 is 0 Å². The van der Waals surface area contributed by atoms with E-state index in [0.717, 1.165) is 5.92 Å². The predicted molar refractivity (Wildman–Crippen MR) is 94.3 cm³/mol. The van der Waals surface area contributed by atoms with Crippen molar-refractivity contribution in [2.75, 3.05) is 0 Å². The van der Waals surface area contributed by atoms with Crippen molar-refractivity contribution in [3.8, 4) is 0 Å². The smallest absolute Gasteiger partial charge is 0.0325 e. The lowest BCUT2D eigenvalue weighted by atomic mass is 10.0. The molecule has 0 aromatic carbocycles. The first kappa shape index (κ1) is 19.7. The number of hydrogen-bond acceptors (Lipinski definition) is 0. The zero-order valence-electron chi connectivity index (χ0n) is 14.6. The van der Waals surface area contributed by atoms with E-state index in [1.54, 1.807) is 0 Å². The Morgan fingerprint density at radius 2 is 1.15 bits per heavy atom. The van der Waals surface area contributed by atoms with Crippen LogP contribution in [0.1, 0.15) is 111 Å². The molecule has 20 heavy (non-hydrogen) atoms. The van der Waals surface area contributed by atoms with Crippen molar-refractivity contribution in [3.05, 3.63) is 12.2 Å². The van der Waals surface area contributed by atoms with Crippen LogP contribution in [0.3, 0.4) is 0 Å². The molecule has 0 rings (SSSR count). The molecule has 0 radical (unpaired) electrons. The van der Waals surface area contributed by atoms with Crippen molar-refractivity contribution in [2.24, 2.45) is 5.92 Å². The molecular formula is C20H40. The first-order valence-corrected chi connectivity index (χ1v) is 9.46. The lowest BCUT2D eigenvalue weighted by Crippen LogP contribution is -1.87. The summed E-state index contributed by atoms with van der Waals surface area (Å²) in [5, 5.41) is 0. The summed E-state index contributed by atoms with van der Waals surface area (Å²) < 4.78 is 0. The third-order valence-corrected chi connectivity index (χ3v) is 4.38. The van der Waals surface area contributed by atoms with Gasteiger partial charge < -0.3 is 0 Å². The molecule has 0 fully saturated rings. The molecule has 0 aliphatic carbocycles. The number of allylic oxidation sites excluding steroid dienone is 2. The minimum atomic E-state index is 0.864. The zero-order chi connectivity index (χ0) is 14.9. The van der Waals surface area contributed by atoms with Gasteiger partial charge in [-0.05, 0) is 25.2 Å². The first-order valence-electron chi connectivity index (χ1n) is 9.46. The van der Waals surface area contributed by atoms with Gasteiger partial charge in [0.1, 0.15) is 0 Å². The molecule has 1 atom stereocenters. The average Bonchev–Trinajstić information content (AvgIpc) is 2.47.